The van der Waals surface area contributed by atoms with Crippen LogP contribution < -0.4 is 4.90 Å². The van der Waals surface area contributed by atoms with Gasteiger partial charge in [-0.3, -0.25) is 4.79 Å². The summed E-state index contributed by atoms with van der Waals surface area (Å²) in [5.41, 5.74) is 3.50. The van der Waals surface area contributed by atoms with Crippen LogP contribution in [0.15, 0.2) is 36.5 Å². The van der Waals surface area contributed by atoms with Crippen LogP contribution in [0, 0.1) is 12.8 Å². The highest BCUT2D eigenvalue weighted by molar-refractivity contribution is 7.91. The Morgan fingerprint density at radius 1 is 1.22 bits per heavy atom. The number of amides is 1. The van der Waals surface area contributed by atoms with Crippen molar-refractivity contribution in [1.82, 2.24) is 19.5 Å². The van der Waals surface area contributed by atoms with Crippen molar-refractivity contribution in [2.45, 2.75) is 50.7 Å². The Hall–Kier alpha value is -3.19. The molecule has 2 atom stereocenters. The summed E-state index contributed by atoms with van der Waals surface area (Å²) in [4.78, 5) is 20.3. The summed E-state index contributed by atoms with van der Waals surface area (Å²) in [5, 5.41) is 4.66. The van der Waals surface area contributed by atoms with Gasteiger partial charge in [0.25, 0.3) is 0 Å². The average Bonchev–Trinajstić information content (AvgIpc) is 3.28. The minimum Gasteiger partial charge on any atom is -0.384 e. The Morgan fingerprint density at radius 3 is 2.49 bits per heavy atom. The van der Waals surface area contributed by atoms with E-state index in [9.17, 15) is 26.4 Å². The van der Waals surface area contributed by atoms with Crippen LogP contribution in [0.3, 0.4) is 0 Å². The van der Waals surface area contributed by atoms with Gasteiger partial charge in [-0.05, 0) is 43.9 Å². The van der Waals surface area contributed by atoms with Gasteiger partial charge in [0, 0.05) is 43.8 Å². The molecule has 1 aromatic carbocycles. The van der Waals surface area contributed by atoms with E-state index in [2.05, 4.69) is 17.0 Å². The van der Waals surface area contributed by atoms with E-state index in [1.165, 1.54) is 12.1 Å². The SMILES string of the molecule is COC[C@@]1(C)CCN(c2ccc([C@H](N(C)C(=O)C3CCS(=O)(=O)CC3)C(F)(F)F)cc2)c2cnc3cc(C)nn3c21. The van der Waals surface area contributed by atoms with E-state index in [0.29, 0.717) is 35.8 Å². The van der Waals surface area contributed by atoms with Crippen LogP contribution >= 0.6 is 0 Å². The molecule has 0 radical (unpaired) electrons. The van der Waals surface area contributed by atoms with Crippen molar-refractivity contribution in [2.75, 3.05) is 43.7 Å². The highest BCUT2D eigenvalue weighted by Crippen LogP contribution is 2.44. The van der Waals surface area contributed by atoms with E-state index < -0.39 is 33.9 Å². The molecule has 2 aromatic heterocycles. The molecule has 9 nitrogen and oxygen atoms in total. The topological polar surface area (TPSA) is 97.1 Å². The zero-order chi connectivity index (χ0) is 29.7. The molecule has 13 heteroatoms. The number of anilines is 2. The number of methoxy groups -OCH3 is 1. The maximum atomic E-state index is 14.3. The number of alkyl halides is 3. The number of benzene rings is 1. The molecule has 0 N–H and O–H groups in total. The van der Waals surface area contributed by atoms with E-state index in [0.717, 1.165) is 24.1 Å². The summed E-state index contributed by atoms with van der Waals surface area (Å²) in [5.74, 6) is -1.84. The Balaban J connectivity index is 1.46. The second kappa shape index (κ2) is 10.6. The third-order valence-electron chi connectivity index (χ3n) is 8.27. The molecule has 1 amide bonds. The normalized spacial score (nSPS) is 22.0. The number of hydrogen-bond acceptors (Lipinski definition) is 7. The Labute approximate surface area is 237 Å². The maximum absolute atomic E-state index is 14.3. The number of fused-ring (bicyclic) bond motifs is 3. The van der Waals surface area contributed by atoms with Gasteiger partial charge < -0.3 is 14.5 Å². The minimum atomic E-state index is -4.72. The van der Waals surface area contributed by atoms with Gasteiger partial charge in [0.2, 0.25) is 5.91 Å². The number of carbonyl (C=O) groups excluding carboxylic acids is 1. The van der Waals surface area contributed by atoms with Crippen LogP contribution in [0.2, 0.25) is 0 Å². The van der Waals surface area contributed by atoms with Gasteiger partial charge in [-0.15, -0.1) is 0 Å². The minimum absolute atomic E-state index is 0.0302. The van der Waals surface area contributed by atoms with E-state index in [1.807, 2.05) is 22.4 Å². The first-order valence-electron chi connectivity index (χ1n) is 13.5. The number of aryl methyl sites for hydroxylation is 1. The summed E-state index contributed by atoms with van der Waals surface area (Å²) in [6, 6.07) is 5.78. The molecular weight excluding hydrogens is 559 g/mol. The van der Waals surface area contributed by atoms with Crippen LogP contribution in [0.4, 0.5) is 24.5 Å². The van der Waals surface area contributed by atoms with Crippen LogP contribution in [-0.4, -0.2) is 78.8 Å². The smallest absolute Gasteiger partial charge is 0.384 e. The molecule has 4 heterocycles. The number of halogens is 3. The molecule has 0 bridgehead atoms. The Kier molecular flexibility index (Phi) is 7.56. The molecule has 0 aliphatic carbocycles. The van der Waals surface area contributed by atoms with Gasteiger partial charge in [0.05, 0.1) is 41.4 Å². The number of nitrogens with zero attached hydrogens (tertiary/aromatic N) is 5. The molecule has 3 aromatic rings. The highest BCUT2D eigenvalue weighted by atomic mass is 32.2. The molecule has 0 unspecified atom stereocenters. The van der Waals surface area contributed by atoms with Crippen molar-refractivity contribution in [3.05, 3.63) is 53.5 Å². The molecule has 0 saturated carbocycles. The van der Waals surface area contributed by atoms with Gasteiger partial charge in [-0.2, -0.15) is 18.3 Å². The van der Waals surface area contributed by atoms with E-state index >= 15 is 0 Å². The standard InChI is InChI=1S/C28H34F3N5O4S/c1-18-15-23-32-16-22-25(36(23)33-18)27(2,17-40-4)11-12-35(22)21-7-5-19(6-8-21)24(28(29,30)31)34(3)26(37)20-9-13-41(38,39)14-10-20/h5-8,15-16,20,24H,9-14,17H2,1-4H3/t24-,27+/m0/s1. The first kappa shape index (κ1) is 29.3. The van der Waals surface area contributed by atoms with Gasteiger partial charge in [0.1, 0.15) is 9.84 Å². The van der Waals surface area contributed by atoms with Crippen LogP contribution in [-0.2, 0) is 24.8 Å². The summed E-state index contributed by atoms with van der Waals surface area (Å²) >= 11 is 0. The molecule has 41 heavy (non-hydrogen) atoms. The first-order chi connectivity index (χ1) is 19.2. The van der Waals surface area contributed by atoms with Gasteiger partial charge in [0.15, 0.2) is 11.7 Å². The van der Waals surface area contributed by atoms with Crippen molar-refractivity contribution in [3.63, 3.8) is 0 Å². The third-order valence-corrected chi connectivity index (χ3v) is 9.98. The zero-order valence-corrected chi connectivity index (χ0v) is 24.3. The van der Waals surface area contributed by atoms with Crippen molar-refractivity contribution in [3.8, 4) is 0 Å². The van der Waals surface area contributed by atoms with Crippen LogP contribution in [0.5, 0.6) is 0 Å². The molecule has 2 aliphatic heterocycles. The van der Waals surface area contributed by atoms with Crippen molar-refractivity contribution >= 4 is 32.8 Å². The van der Waals surface area contributed by atoms with E-state index in [1.54, 1.807) is 25.4 Å². The van der Waals surface area contributed by atoms with E-state index in [-0.39, 0.29) is 35.3 Å². The second-order valence-corrected chi connectivity index (χ2v) is 13.7. The fourth-order valence-corrected chi connectivity index (χ4v) is 7.64. The molecule has 222 valence electrons. The maximum Gasteiger partial charge on any atom is 0.413 e. The van der Waals surface area contributed by atoms with Gasteiger partial charge in [-0.25, -0.2) is 17.9 Å². The molecule has 1 fully saturated rings. The number of carbonyl (C=O) groups is 1. The monoisotopic (exact) mass is 593 g/mol. The summed E-state index contributed by atoms with van der Waals surface area (Å²) in [6.07, 6.45) is -2.18. The molecule has 5 rings (SSSR count). The fraction of sp³-hybridized carbons (Fsp3) is 0.536. The first-order valence-corrected chi connectivity index (χ1v) is 15.3. The zero-order valence-electron chi connectivity index (χ0n) is 23.5. The number of hydrogen-bond donors (Lipinski definition) is 0. The fourth-order valence-electron chi connectivity index (χ4n) is 6.15. The van der Waals surface area contributed by atoms with E-state index in [4.69, 9.17) is 4.74 Å². The lowest BCUT2D eigenvalue weighted by atomic mass is 9.80. The predicted octanol–water partition coefficient (Wildman–Crippen LogP) is 4.37. The summed E-state index contributed by atoms with van der Waals surface area (Å²) < 4.78 is 73.9. The molecular formula is C28H34F3N5O4S. The molecule has 1 saturated heterocycles. The number of sulfone groups is 1. The van der Waals surface area contributed by atoms with Crippen molar-refractivity contribution in [1.29, 1.82) is 0 Å². The third kappa shape index (κ3) is 5.53. The van der Waals surface area contributed by atoms with Crippen LogP contribution in [0.25, 0.3) is 5.65 Å². The summed E-state index contributed by atoms with van der Waals surface area (Å²) in [6.45, 7) is 5.05. The second-order valence-electron chi connectivity index (χ2n) is 11.4. The lowest BCUT2D eigenvalue weighted by Crippen LogP contribution is -2.44. The average molecular weight is 594 g/mol. The Bertz CT molecular complexity index is 1540. The summed E-state index contributed by atoms with van der Waals surface area (Å²) in [7, 11) is -0.461. The largest absolute Gasteiger partial charge is 0.413 e. The molecule has 2 aliphatic rings. The lowest BCUT2D eigenvalue weighted by Gasteiger charge is -2.41. The number of rotatable bonds is 6. The van der Waals surface area contributed by atoms with Gasteiger partial charge in [-0.1, -0.05) is 19.1 Å². The van der Waals surface area contributed by atoms with Crippen LogP contribution in [0.1, 0.15) is 49.2 Å². The lowest BCUT2D eigenvalue weighted by molar-refractivity contribution is -0.190. The van der Waals surface area contributed by atoms with Crippen molar-refractivity contribution < 1.29 is 31.1 Å². The number of aromatic nitrogens is 3. The number of ether oxygens (including phenoxy) is 1. The quantitative estimate of drug-likeness (QED) is 0.419. The highest BCUT2D eigenvalue weighted by Gasteiger charge is 2.47. The Morgan fingerprint density at radius 2 is 1.88 bits per heavy atom. The molecule has 0 spiro atoms. The van der Waals surface area contributed by atoms with Gasteiger partial charge >= 0.3 is 6.18 Å². The predicted molar refractivity (Wildman–Crippen MR) is 148 cm³/mol. The van der Waals surface area contributed by atoms with Crippen molar-refractivity contribution in [2.24, 2.45) is 5.92 Å².